The summed E-state index contributed by atoms with van der Waals surface area (Å²) in [5, 5.41) is 10.4. The Labute approximate surface area is 156 Å². The Morgan fingerprint density at radius 1 is 1.04 bits per heavy atom. The summed E-state index contributed by atoms with van der Waals surface area (Å²) in [7, 11) is 1.68. The first-order valence-electron chi connectivity index (χ1n) is 9.38. The minimum atomic E-state index is -0.476. The number of ether oxygens (including phenoxy) is 2. The van der Waals surface area contributed by atoms with Crippen molar-refractivity contribution < 1.29 is 14.6 Å². The van der Waals surface area contributed by atoms with E-state index in [4.69, 9.17) is 9.47 Å². The van der Waals surface area contributed by atoms with Gasteiger partial charge >= 0.3 is 0 Å². The van der Waals surface area contributed by atoms with Gasteiger partial charge < -0.3 is 14.6 Å². The van der Waals surface area contributed by atoms with Crippen molar-refractivity contribution in [3.63, 3.8) is 0 Å². The molecule has 4 heteroatoms. The molecule has 0 bridgehead atoms. The van der Waals surface area contributed by atoms with Crippen molar-refractivity contribution in [2.24, 2.45) is 5.92 Å². The lowest BCUT2D eigenvalue weighted by Gasteiger charge is -2.25. The van der Waals surface area contributed by atoms with Gasteiger partial charge in [0.2, 0.25) is 0 Å². The van der Waals surface area contributed by atoms with Gasteiger partial charge in [-0.25, -0.2) is 0 Å². The van der Waals surface area contributed by atoms with Crippen LogP contribution in [0.25, 0.3) is 0 Å². The average Bonchev–Trinajstić information content (AvgIpc) is 3.47. The molecule has 0 spiro atoms. The third kappa shape index (κ3) is 6.45. The van der Waals surface area contributed by atoms with Crippen LogP contribution in [0.3, 0.4) is 0 Å². The maximum Gasteiger partial charge on any atom is 0.118 e. The van der Waals surface area contributed by atoms with E-state index in [9.17, 15) is 5.11 Å². The van der Waals surface area contributed by atoms with Crippen molar-refractivity contribution in [2.45, 2.75) is 32.1 Å². The molecule has 140 valence electrons. The molecule has 0 heterocycles. The third-order valence-electron chi connectivity index (χ3n) is 4.67. The van der Waals surface area contributed by atoms with E-state index in [0.717, 1.165) is 30.3 Å². The Balaban J connectivity index is 1.46. The van der Waals surface area contributed by atoms with Gasteiger partial charge in [-0.1, -0.05) is 42.5 Å². The minimum absolute atomic E-state index is 0.360. The number of aliphatic hydroxyl groups excluding tert-OH is 1. The molecule has 1 N–H and O–H groups in total. The highest BCUT2D eigenvalue weighted by atomic mass is 16.5. The second-order valence-electron chi connectivity index (χ2n) is 7.14. The largest absolute Gasteiger partial charge is 0.497 e. The van der Waals surface area contributed by atoms with Crippen LogP contribution in [-0.2, 0) is 17.9 Å². The van der Waals surface area contributed by atoms with Gasteiger partial charge in [0.05, 0.1) is 26.4 Å². The maximum absolute atomic E-state index is 10.4. The molecule has 1 fully saturated rings. The zero-order valence-electron chi connectivity index (χ0n) is 15.5. The molecule has 1 aliphatic carbocycles. The van der Waals surface area contributed by atoms with Crippen LogP contribution < -0.4 is 4.74 Å². The van der Waals surface area contributed by atoms with Crippen molar-refractivity contribution in [2.75, 3.05) is 26.8 Å². The molecule has 0 aliphatic heterocycles. The molecule has 2 aromatic carbocycles. The van der Waals surface area contributed by atoms with Gasteiger partial charge in [0.1, 0.15) is 5.75 Å². The molecular weight excluding hydrogens is 326 g/mol. The van der Waals surface area contributed by atoms with Gasteiger partial charge in [-0.2, -0.15) is 0 Å². The molecule has 0 saturated heterocycles. The molecule has 1 aliphatic rings. The summed E-state index contributed by atoms with van der Waals surface area (Å²) in [6.45, 7) is 3.42. The highest BCUT2D eigenvalue weighted by Gasteiger charge is 2.25. The molecule has 2 aromatic rings. The summed E-state index contributed by atoms with van der Waals surface area (Å²) >= 11 is 0. The Bertz CT molecular complexity index is 640. The van der Waals surface area contributed by atoms with Crippen LogP contribution in [0.5, 0.6) is 5.75 Å². The van der Waals surface area contributed by atoms with E-state index in [1.54, 1.807) is 7.11 Å². The van der Waals surface area contributed by atoms with Crippen LogP contribution in [0.15, 0.2) is 54.6 Å². The highest BCUT2D eigenvalue weighted by Crippen LogP contribution is 2.30. The second-order valence-corrected chi connectivity index (χ2v) is 7.14. The SMILES string of the molecule is COc1ccc(CN(CC(O)COCc2ccccc2)CC2CC2)cc1. The number of benzene rings is 2. The smallest absolute Gasteiger partial charge is 0.118 e. The molecule has 3 rings (SSSR count). The normalized spacial score (nSPS) is 15.2. The maximum atomic E-state index is 10.4. The quantitative estimate of drug-likeness (QED) is 0.670. The lowest BCUT2D eigenvalue weighted by Crippen LogP contribution is -2.35. The van der Waals surface area contributed by atoms with Crippen molar-refractivity contribution in [1.82, 2.24) is 4.90 Å². The van der Waals surface area contributed by atoms with Crippen LogP contribution in [0, 0.1) is 5.92 Å². The number of aliphatic hydroxyl groups is 1. The predicted octanol–water partition coefficient (Wildman–Crippen LogP) is 3.48. The molecule has 0 radical (unpaired) electrons. The fraction of sp³-hybridized carbons (Fsp3) is 0.455. The van der Waals surface area contributed by atoms with Crippen LogP contribution in [0.1, 0.15) is 24.0 Å². The van der Waals surface area contributed by atoms with Crippen molar-refractivity contribution in [1.29, 1.82) is 0 Å². The van der Waals surface area contributed by atoms with Gasteiger partial charge in [0.15, 0.2) is 0 Å². The fourth-order valence-electron chi connectivity index (χ4n) is 3.10. The van der Waals surface area contributed by atoms with E-state index in [1.807, 2.05) is 42.5 Å². The summed E-state index contributed by atoms with van der Waals surface area (Å²) in [6.07, 6.45) is 2.13. The number of hydrogen-bond donors (Lipinski definition) is 1. The Hall–Kier alpha value is -1.88. The minimum Gasteiger partial charge on any atom is -0.497 e. The van der Waals surface area contributed by atoms with E-state index in [1.165, 1.54) is 18.4 Å². The van der Waals surface area contributed by atoms with E-state index in [-0.39, 0.29) is 0 Å². The van der Waals surface area contributed by atoms with Crippen LogP contribution >= 0.6 is 0 Å². The Morgan fingerprint density at radius 3 is 2.42 bits per heavy atom. The first kappa shape index (κ1) is 18.9. The predicted molar refractivity (Wildman–Crippen MR) is 103 cm³/mol. The fourth-order valence-corrected chi connectivity index (χ4v) is 3.10. The first-order valence-corrected chi connectivity index (χ1v) is 9.38. The molecule has 0 amide bonds. The summed E-state index contributed by atoms with van der Waals surface area (Å²) < 4.78 is 10.9. The topological polar surface area (TPSA) is 41.9 Å². The molecule has 0 aromatic heterocycles. The number of methoxy groups -OCH3 is 1. The third-order valence-corrected chi connectivity index (χ3v) is 4.67. The van der Waals surface area contributed by atoms with Crippen LogP contribution in [0.2, 0.25) is 0 Å². The average molecular weight is 355 g/mol. The standard InChI is InChI=1S/C22H29NO3/c1-25-22-11-9-19(10-12-22)14-23(13-18-7-8-18)15-21(24)17-26-16-20-5-3-2-4-6-20/h2-6,9-12,18,21,24H,7-8,13-17H2,1H3. The summed E-state index contributed by atoms with van der Waals surface area (Å²) in [5.41, 5.74) is 2.37. The molecular formula is C22H29NO3. The first-order chi connectivity index (χ1) is 12.7. The van der Waals surface area contributed by atoms with Gasteiger partial charge in [0, 0.05) is 19.6 Å². The van der Waals surface area contributed by atoms with Crippen molar-refractivity contribution in [3.8, 4) is 5.75 Å². The highest BCUT2D eigenvalue weighted by molar-refractivity contribution is 5.27. The van der Waals surface area contributed by atoms with Crippen LogP contribution in [0.4, 0.5) is 0 Å². The summed E-state index contributed by atoms with van der Waals surface area (Å²) in [6, 6.07) is 18.2. The lowest BCUT2D eigenvalue weighted by atomic mass is 10.2. The van der Waals surface area contributed by atoms with Gasteiger partial charge in [-0.05, 0) is 42.0 Å². The molecule has 1 saturated carbocycles. The van der Waals surface area contributed by atoms with Gasteiger partial charge in [0.25, 0.3) is 0 Å². The van der Waals surface area contributed by atoms with E-state index < -0.39 is 6.10 Å². The molecule has 1 atom stereocenters. The Kier molecular flexibility index (Phi) is 7.06. The zero-order chi connectivity index (χ0) is 18.2. The second kappa shape index (κ2) is 9.72. The lowest BCUT2D eigenvalue weighted by molar-refractivity contribution is 0.00780. The number of hydrogen-bond acceptors (Lipinski definition) is 4. The van der Waals surface area contributed by atoms with Crippen LogP contribution in [-0.4, -0.2) is 42.9 Å². The Morgan fingerprint density at radius 2 is 1.77 bits per heavy atom. The molecule has 1 unspecified atom stereocenters. The van der Waals surface area contributed by atoms with E-state index in [0.29, 0.717) is 19.8 Å². The van der Waals surface area contributed by atoms with Crippen molar-refractivity contribution >= 4 is 0 Å². The zero-order valence-corrected chi connectivity index (χ0v) is 15.5. The number of nitrogens with zero attached hydrogens (tertiary/aromatic N) is 1. The monoisotopic (exact) mass is 355 g/mol. The summed E-state index contributed by atoms with van der Waals surface area (Å²) in [5.74, 6) is 1.66. The van der Waals surface area contributed by atoms with E-state index >= 15 is 0 Å². The van der Waals surface area contributed by atoms with Crippen molar-refractivity contribution in [3.05, 3.63) is 65.7 Å². The molecule has 26 heavy (non-hydrogen) atoms. The summed E-state index contributed by atoms with van der Waals surface area (Å²) in [4.78, 5) is 2.34. The molecule has 4 nitrogen and oxygen atoms in total. The van der Waals surface area contributed by atoms with Gasteiger partial charge in [-0.3, -0.25) is 4.90 Å². The van der Waals surface area contributed by atoms with E-state index in [2.05, 4.69) is 17.0 Å². The van der Waals surface area contributed by atoms with Gasteiger partial charge in [-0.15, -0.1) is 0 Å². The number of rotatable bonds is 11.